The molecule has 0 aliphatic carbocycles. The molecule has 1 aliphatic heterocycles. The van der Waals surface area contributed by atoms with E-state index >= 15 is 0 Å². The molecular formula is C17H25NO12S3. The molecule has 1 fully saturated rings. The van der Waals surface area contributed by atoms with Crippen LogP contribution in [0.25, 0.3) is 0 Å². The largest absolute Gasteiger partial charge is 0.354 e. The SMILES string of the molecule is CO[C@@H]1O[C@@H](COS(C)(=O)=O)[C@@H](OS(C)(=O)=O)[C@H](OS(C)(=O)=O)[C@@H]1NC(=O)c1ccccc1. The fourth-order valence-corrected chi connectivity index (χ4v) is 4.69. The normalized spacial score (nSPS) is 26.6. The van der Waals surface area contributed by atoms with Crippen molar-refractivity contribution in [1.29, 1.82) is 0 Å². The molecule has 188 valence electrons. The van der Waals surface area contributed by atoms with Crippen LogP contribution in [0.3, 0.4) is 0 Å². The van der Waals surface area contributed by atoms with Gasteiger partial charge in [-0.15, -0.1) is 0 Å². The van der Waals surface area contributed by atoms with Crippen molar-refractivity contribution in [3.63, 3.8) is 0 Å². The van der Waals surface area contributed by atoms with Gasteiger partial charge in [0.15, 0.2) is 6.29 Å². The number of nitrogens with one attached hydrogen (secondary N) is 1. The Morgan fingerprint density at radius 1 is 0.909 bits per heavy atom. The zero-order chi connectivity index (χ0) is 25.0. The highest BCUT2D eigenvalue weighted by Crippen LogP contribution is 2.29. The topological polar surface area (TPSA) is 178 Å². The van der Waals surface area contributed by atoms with Gasteiger partial charge in [0.2, 0.25) is 0 Å². The Hall–Kier alpha value is -1.66. The van der Waals surface area contributed by atoms with Crippen LogP contribution in [-0.4, -0.2) is 94.3 Å². The molecule has 0 unspecified atom stereocenters. The Labute approximate surface area is 192 Å². The van der Waals surface area contributed by atoms with Crippen LogP contribution in [0.15, 0.2) is 30.3 Å². The van der Waals surface area contributed by atoms with Crippen molar-refractivity contribution in [2.24, 2.45) is 0 Å². The van der Waals surface area contributed by atoms with Gasteiger partial charge in [0.25, 0.3) is 36.3 Å². The standard InChI is InChI=1S/C17H25NO12S3/c1-26-17-13(18-16(19)11-8-6-5-7-9-11)15(30-33(4,24)25)14(29-32(3,22)23)12(28-17)10-27-31(2,20)21/h5-9,12-15,17H,10H2,1-4H3,(H,18,19)/t12-,13-,14+,15+,17+/m0/s1. The molecule has 1 saturated heterocycles. The molecule has 0 radical (unpaired) electrons. The first kappa shape index (κ1) is 27.6. The Bertz CT molecular complexity index is 1130. The molecule has 1 amide bonds. The van der Waals surface area contributed by atoms with Crippen LogP contribution >= 0.6 is 0 Å². The second-order valence-corrected chi connectivity index (χ2v) is 12.0. The predicted molar refractivity (Wildman–Crippen MR) is 114 cm³/mol. The fraction of sp³-hybridized carbons (Fsp3) is 0.588. The van der Waals surface area contributed by atoms with E-state index in [1.165, 1.54) is 19.2 Å². The van der Waals surface area contributed by atoms with Crippen molar-refractivity contribution < 1.29 is 52.1 Å². The Morgan fingerprint density at radius 3 is 1.94 bits per heavy atom. The minimum atomic E-state index is -4.24. The minimum Gasteiger partial charge on any atom is -0.354 e. The third-order valence-corrected chi connectivity index (χ3v) is 5.94. The first-order chi connectivity index (χ1) is 15.1. The van der Waals surface area contributed by atoms with E-state index in [2.05, 4.69) is 5.32 Å². The maximum atomic E-state index is 12.7. The number of hydrogen-bond donors (Lipinski definition) is 1. The van der Waals surface area contributed by atoms with E-state index in [1.54, 1.807) is 18.2 Å². The fourth-order valence-electron chi connectivity index (χ4n) is 3.04. The van der Waals surface area contributed by atoms with Crippen LogP contribution in [0.4, 0.5) is 0 Å². The summed E-state index contributed by atoms with van der Waals surface area (Å²) < 4.78 is 96.2. The zero-order valence-corrected chi connectivity index (χ0v) is 20.6. The summed E-state index contributed by atoms with van der Waals surface area (Å²) in [5, 5.41) is 2.51. The van der Waals surface area contributed by atoms with Crippen molar-refractivity contribution in [2.75, 3.05) is 32.5 Å². The van der Waals surface area contributed by atoms with Crippen LogP contribution in [0.2, 0.25) is 0 Å². The number of carbonyl (C=O) groups excluding carboxylic acids is 1. The smallest absolute Gasteiger partial charge is 0.264 e. The molecule has 2 rings (SSSR count). The molecule has 0 aromatic heterocycles. The second-order valence-electron chi connectivity index (χ2n) is 7.16. The maximum absolute atomic E-state index is 12.7. The Kier molecular flexibility index (Phi) is 8.97. The van der Waals surface area contributed by atoms with Crippen LogP contribution in [0.5, 0.6) is 0 Å². The van der Waals surface area contributed by atoms with Crippen LogP contribution in [-0.2, 0) is 52.4 Å². The quantitative estimate of drug-likeness (QED) is 0.358. The zero-order valence-electron chi connectivity index (χ0n) is 18.1. The van der Waals surface area contributed by atoms with Gasteiger partial charge in [-0.2, -0.15) is 25.3 Å². The van der Waals surface area contributed by atoms with E-state index < -0.39 is 73.5 Å². The lowest BCUT2D eigenvalue weighted by molar-refractivity contribution is -0.249. The number of amides is 1. The summed E-state index contributed by atoms with van der Waals surface area (Å²) in [4.78, 5) is 12.7. The summed E-state index contributed by atoms with van der Waals surface area (Å²) in [6.45, 7) is -0.748. The van der Waals surface area contributed by atoms with Gasteiger partial charge >= 0.3 is 0 Å². The molecule has 0 bridgehead atoms. The highest BCUT2D eigenvalue weighted by molar-refractivity contribution is 7.86. The summed E-state index contributed by atoms with van der Waals surface area (Å²) in [7, 11) is -11.3. The molecule has 1 N–H and O–H groups in total. The van der Waals surface area contributed by atoms with Crippen LogP contribution in [0, 0.1) is 0 Å². The van der Waals surface area contributed by atoms with Gasteiger partial charge in [-0.3, -0.25) is 17.3 Å². The molecular weight excluding hydrogens is 506 g/mol. The Morgan fingerprint density at radius 2 is 1.45 bits per heavy atom. The lowest BCUT2D eigenvalue weighted by atomic mass is 9.96. The van der Waals surface area contributed by atoms with Crippen LogP contribution < -0.4 is 5.32 Å². The summed E-state index contributed by atoms with van der Waals surface area (Å²) in [6.07, 6.45) is -4.14. The predicted octanol–water partition coefficient (Wildman–Crippen LogP) is -1.18. The van der Waals surface area contributed by atoms with Gasteiger partial charge in [-0.1, -0.05) is 18.2 Å². The number of benzene rings is 1. The molecule has 13 nitrogen and oxygen atoms in total. The third kappa shape index (κ3) is 8.90. The first-order valence-electron chi connectivity index (χ1n) is 9.25. The van der Waals surface area contributed by atoms with Gasteiger partial charge in [-0.05, 0) is 12.1 Å². The van der Waals surface area contributed by atoms with Crippen LogP contribution in [0.1, 0.15) is 10.4 Å². The minimum absolute atomic E-state index is 0.202. The van der Waals surface area contributed by atoms with E-state index in [1.807, 2.05) is 0 Å². The van der Waals surface area contributed by atoms with E-state index in [0.29, 0.717) is 12.5 Å². The average Bonchev–Trinajstić information content (AvgIpc) is 2.67. The molecule has 1 aromatic rings. The van der Waals surface area contributed by atoms with Crippen molar-refractivity contribution in [1.82, 2.24) is 5.32 Å². The molecule has 0 saturated carbocycles. The molecule has 1 aliphatic rings. The summed E-state index contributed by atoms with van der Waals surface area (Å²) in [6, 6.07) is 6.45. The number of carbonyl (C=O) groups is 1. The van der Waals surface area contributed by atoms with Crippen molar-refractivity contribution >= 4 is 36.3 Å². The number of methoxy groups -OCH3 is 1. The highest BCUT2D eigenvalue weighted by Gasteiger charge is 2.51. The summed E-state index contributed by atoms with van der Waals surface area (Å²) in [5.74, 6) is -0.669. The summed E-state index contributed by atoms with van der Waals surface area (Å²) >= 11 is 0. The van der Waals surface area contributed by atoms with E-state index in [-0.39, 0.29) is 5.56 Å². The third-order valence-electron chi connectivity index (χ3n) is 4.23. The van der Waals surface area contributed by atoms with Crippen molar-refractivity contribution in [3.05, 3.63) is 35.9 Å². The van der Waals surface area contributed by atoms with E-state index in [9.17, 15) is 30.0 Å². The number of rotatable bonds is 10. The lowest BCUT2D eigenvalue weighted by Gasteiger charge is -2.44. The van der Waals surface area contributed by atoms with E-state index in [0.717, 1.165) is 6.26 Å². The number of hydrogen-bond acceptors (Lipinski definition) is 12. The molecule has 16 heteroatoms. The average molecular weight is 532 g/mol. The van der Waals surface area contributed by atoms with Gasteiger partial charge in [-0.25, -0.2) is 0 Å². The second kappa shape index (κ2) is 10.7. The molecule has 1 heterocycles. The van der Waals surface area contributed by atoms with E-state index in [4.69, 9.17) is 22.0 Å². The molecule has 33 heavy (non-hydrogen) atoms. The lowest BCUT2D eigenvalue weighted by Crippen LogP contribution is -2.66. The summed E-state index contributed by atoms with van der Waals surface area (Å²) in [5.41, 5.74) is 0.202. The van der Waals surface area contributed by atoms with Gasteiger partial charge in [0.05, 0.1) is 25.4 Å². The number of ether oxygens (including phenoxy) is 2. The molecule has 5 atom stereocenters. The first-order valence-corrected chi connectivity index (χ1v) is 14.7. The highest BCUT2D eigenvalue weighted by atomic mass is 32.2. The molecule has 0 spiro atoms. The molecule has 1 aromatic carbocycles. The van der Waals surface area contributed by atoms with Crippen molar-refractivity contribution in [2.45, 2.75) is 30.6 Å². The van der Waals surface area contributed by atoms with Gasteiger partial charge < -0.3 is 14.8 Å². The van der Waals surface area contributed by atoms with Gasteiger partial charge in [0.1, 0.15) is 24.4 Å². The monoisotopic (exact) mass is 531 g/mol. The maximum Gasteiger partial charge on any atom is 0.264 e. The van der Waals surface area contributed by atoms with Gasteiger partial charge in [0, 0.05) is 12.7 Å². The van der Waals surface area contributed by atoms with Crippen molar-refractivity contribution in [3.8, 4) is 0 Å². The Balaban J connectivity index is 2.50.